The fourth-order valence-electron chi connectivity index (χ4n) is 3.59. The summed E-state index contributed by atoms with van der Waals surface area (Å²) in [5.41, 5.74) is 1.57. The second-order valence-electron chi connectivity index (χ2n) is 7.05. The van der Waals surface area contributed by atoms with Crippen LogP contribution in [0.15, 0.2) is 30.3 Å². The van der Waals surface area contributed by atoms with Gasteiger partial charge in [0.05, 0.1) is 6.04 Å². The summed E-state index contributed by atoms with van der Waals surface area (Å²) in [4.78, 5) is 16.3. The molecular weight excluding hydrogens is 353 g/mol. The summed E-state index contributed by atoms with van der Waals surface area (Å²) in [5.74, 6) is -0.118. The second kappa shape index (κ2) is 7.10. The van der Waals surface area contributed by atoms with Gasteiger partial charge in [-0.2, -0.15) is 0 Å². The Kier molecular flexibility index (Phi) is 4.82. The Bertz CT molecular complexity index is 815. The quantitative estimate of drug-likeness (QED) is 0.783. The van der Waals surface area contributed by atoms with Crippen LogP contribution in [0, 0.1) is 11.7 Å². The van der Waals surface area contributed by atoms with E-state index in [4.69, 9.17) is 4.74 Å². The molecule has 6 heteroatoms. The summed E-state index contributed by atoms with van der Waals surface area (Å²) in [7, 11) is 0. The minimum atomic E-state index is -0.853. The van der Waals surface area contributed by atoms with Crippen LogP contribution in [0.25, 0.3) is 0 Å². The molecule has 4 rings (SSSR count). The number of hydrogen-bond acceptors (Lipinski definition) is 5. The molecule has 1 N–H and O–H groups in total. The fourth-order valence-corrected chi connectivity index (χ4v) is 4.67. The number of thiophene rings is 1. The molecule has 4 nitrogen and oxygen atoms in total. The predicted molar refractivity (Wildman–Crippen MR) is 97.6 cm³/mol. The first kappa shape index (κ1) is 17.6. The Balaban J connectivity index is 1.62. The molecule has 0 bridgehead atoms. The number of fused-ring (bicyclic) bond motifs is 1. The largest absolute Gasteiger partial charge is 0.456 e. The Labute approximate surface area is 156 Å². The SMILES string of the molecule is CC(O)Oc1cc2c(s1)CCN(C(C(=O)C1CC1)c1ccccc1F)C2. The van der Waals surface area contributed by atoms with Crippen molar-refractivity contribution in [3.63, 3.8) is 0 Å². The van der Waals surface area contributed by atoms with E-state index in [1.807, 2.05) is 6.07 Å². The summed E-state index contributed by atoms with van der Waals surface area (Å²) >= 11 is 1.54. The third-order valence-corrected chi connectivity index (χ3v) is 6.10. The number of aliphatic hydroxyl groups excluding tert-OH is 1. The normalized spacial score (nSPS) is 19.7. The van der Waals surface area contributed by atoms with Gasteiger partial charge in [-0.1, -0.05) is 18.2 Å². The van der Waals surface area contributed by atoms with Crippen LogP contribution in [0.2, 0.25) is 0 Å². The summed E-state index contributed by atoms with van der Waals surface area (Å²) in [6.07, 6.45) is 1.77. The van der Waals surface area contributed by atoms with Gasteiger partial charge < -0.3 is 9.84 Å². The standard InChI is InChI=1S/C20H22FNO3S/c1-12(23)25-18-10-14-11-22(9-8-17(14)26-18)19(20(24)13-6-7-13)15-4-2-3-5-16(15)21/h2-5,10,12-13,19,23H,6-9,11H2,1H3. The number of carbonyl (C=O) groups excluding carboxylic acids is 1. The number of hydrogen-bond donors (Lipinski definition) is 1. The molecule has 2 atom stereocenters. The first-order valence-electron chi connectivity index (χ1n) is 9.01. The first-order valence-corrected chi connectivity index (χ1v) is 9.83. The number of nitrogens with zero attached hydrogens (tertiary/aromatic N) is 1. The Morgan fingerprint density at radius 2 is 2.15 bits per heavy atom. The average Bonchev–Trinajstić information content (AvgIpc) is 3.37. The number of halogens is 1. The number of aliphatic hydroxyl groups is 1. The van der Waals surface area contributed by atoms with Crippen molar-refractivity contribution in [2.24, 2.45) is 5.92 Å². The molecule has 0 saturated heterocycles. The number of carbonyl (C=O) groups is 1. The van der Waals surface area contributed by atoms with Gasteiger partial charge >= 0.3 is 0 Å². The summed E-state index contributed by atoms with van der Waals surface area (Å²) in [5, 5.41) is 10.1. The number of benzene rings is 1. The van der Waals surface area contributed by atoms with E-state index in [2.05, 4.69) is 4.90 Å². The molecular formula is C20H22FNO3S. The minimum absolute atomic E-state index is 0.0672. The molecule has 1 saturated carbocycles. The number of Topliss-reactive ketones (excluding diaryl/α,β-unsaturated/α-hetero) is 1. The molecule has 0 radical (unpaired) electrons. The topological polar surface area (TPSA) is 49.8 Å². The lowest BCUT2D eigenvalue weighted by molar-refractivity contribution is -0.126. The van der Waals surface area contributed by atoms with E-state index in [1.165, 1.54) is 22.3 Å². The number of rotatable bonds is 6. The van der Waals surface area contributed by atoms with Gasteiger partial charge in [-0.05, 0) is 43.9 Å². The maximum atomic E-state index is 14.5. The van der Waals surface area contributed by atoms with Gasteiger partial charge in [-0.3, -0.25) is 9.69 Å². The molecule has 138 valence electrons. The minimum Gasteiger partial charge on any atom is -0.456 e. The zero-order valence-electron chi connectivity index (χ0n) is 14.7. The molecule has 1 aliphatic carbocycles. The molecule has 1 fully saturated rings. The molecule has 0 spiro atoms. The summed E-state index contributed by atoms with van der Waals surface area (Å²) in [6, 6.07) is 8.00. The highest BCUT2D eigenvalue weighted by Crippen LogP contribution is 2.41. The van der Waals surface area contributed by atoms with Crippen molar-refractivity contribution in [1.82, 2.24) is 4.90 Å². The van der Waals surface area contributed by atoms with Crippen LogP contribution in [0.5, 0.6) is 5.06 Å². The highest BCUT2D eigenvalue weighted by atomic mass is 32.1. The predicted octanol–water partition coefficient (Wildman–Crippen LogP) is 3.68. The van der Waals surface area contributed by atoms with Crippen LogP contribution >= 0.6 is 11.3 Å². The lowest BCUT2D eigenvalue weighted by atomic mass is 9.95. The van der Waals surface area contributed by atoms with Crippen LogP contribution in [0.3, 0.4) is 0 Å². The third kappa shape index (κ3) is 3.54. The summed E-state index contributed by atoms with van der Waals surface area (Å²) < 4.78 is 19.8. The lowest BCUT2D eigenvalue weighted by Gasteiger charge is -2.34. The van der Waals surface area contributed by atoms with Crippen LogP contribution < -0.4 is 4.74 Å². The third-order valence-electron chi connectivity index (χ3n) is 4.97. The molecule has 1 aliphatic heterocycles. The van der Waals surface area contributed by atoms with E-state index in [0.717, 1.165) is 24.8 Å². The number of ketones is 1. The van der Waals surface area contributed by atoms with Crippen molar-refractivity contribution in [2.45, 2.75) is 45.1 Å². The molecule has 2 heterocycles. The zero-order valence-corrected chi connectivity index (χ0v) is 15.5. The van der Waals surface area contributed by atoms with Crippen molar-refractivity contribution in [1.29, 1.82) is 0 Å². The van der Waals surface area contributed by atoms with Crippen molar-refractivity contribution in [2.75, 3.05) is 6.54 Å². The van der Waals surface area contributed by atoms with E-state index >= 15 is 0 Å². The van der Waals surface area contributed by atoms with Crippen LogP contribution in [-0.2, 0) is 17.8 Å². The van der Waals surface area contributed by atoms with Gasteiger partial charge in [0.15, 0.2) is 17.1 Å². The van der Waals surface area contributed by atoms with Gasteiger partial charge in [0.2, 0.25) is 0 Å². The van der Waals surface area contributed by atoms with Crippen molar-refractivity contribution in [3.8, 4) is 5.06 Å². The van der Waals surface area contributed by atoms with Gasteiger partial charge in [-0.25, -0.2) is 4.39 Å². The molecule has 2 aliphatic rings. The Morgan fingerprint density at radius 3 is 2.85 bits per heavy atom. The van der Waals surface area contributed by atoms with Gasteiger partial charge in [0.25, 0.3) is 0 Å². The van der Waals surface area contributed by atoms with Crippen molar-refractivity contribution < 1.29 is 19.0 Å². The molecule has 1 aromatic heterocycles. The van der Waals surface area contributed by atoms with E-state index in [-0.39, 0.29) is 17.5 Å². The second-order valence-corrected chi connectivity index (χ2v) is 8.15. The Hall–Kier alpha value is -1.76. The Morgan fingerprint density at radius 1 is 1.38 bits per heavy atom. The molecule has 1 aromatic carbocycles. The van der Waals surface area contributed by atoms with E-state index < -0.39 is 12.3 Å². The van der Waals surface area contributed by atoms with E-state index in [9.17, 15) is 14.3 Å². The fraction of sp³-hybridized carbons (Fsp3) is 0.450. The van der Waals surface area contributed by atoms with Crippen molar-refractivity contribution in [3.05, 3.63) is 52.2 Å². The van der Waals surface area contributed by atoms with Gasteiger partial charge in [-0.15, -0.1) is 11.3 Å². The molecule has 26 heavy (non-hydrogen) atoms. The van der Waals surface area contributed by atoms with E-state index in [1.54, 1.807) is 25.1 Å². The highest BCUT2D eigenvalue weighted by molar-refractivity contribution is 7.14. The summed E-state index contributed by atoms with van der Waals surface area (Å²) in [6.45, 7) is 2.87. The number of ether oxygens (including phenoxy) is 1. The monoisotopic (exact) mass is 375 g/mol. The van der Waals surface area contributed by atoms with Crippen LogP contribution in [0.1, 0.15) is 41.8 Å². The molecule has 2 aromatic rings. The van der Waals surface area contributed by atoms with Crippen LogP contribution in [0.4, 0.5) is 4.39 Å². The average molecular weight is 375 g/mol. The van der Waals surface area contributed by atoms with Crippen LogP contribution in [-0.4, -0.2) is 28.6 Å². The van der Waals surface area contributed by atoms with E-state index in [0.29, 0.717) is 23.7 Å². The lowest BCUT2D eigenvalue weighted by Crippen LogP contribution is -2.38. The molecule has 2 unspecified atom stereocenters. The molecule has 0 amide bonds. The maximum absolute atomic E-state index is 14.5. The highest BCUT2D eigenvalue weighted by Gasteiger charge is 2.40. The maximum Gasteiger partial charge on any atom is 0.195 e. The van der Waals surface area contributed by atoms with Gasteiger partial charge in [0, 0.05) is 29.4 Å². The van der Waals surface area contributed by atoms with Crippen molar-refractivity contribution >= 4 is 17.1 Å². The zero-order chi connectivity index (χ0) is 18.3. The smallest absolute Gasteiger partial charge is 0.195 e. The first-order chi connectivity index (χ1) is 12.5. The van der Waals surface area contributed by atoms with Gasteiger partial charge in [0.1, 0.15) is 5.82 Å².